The number of nitrogens with zero attached hydrogens (tertiary/aromatic N) is 1. The maximum absolute atomic E-state index is 12.0. The number of anilines is 2. The molecule has 2 N–H and O–H groups in total. The number of carbonyl (C=O) groups is 2. The molecule has 6 heteroatoms. The topological polar surface area (TPSA) is 70.7 Å². The van der Waals surface area contributed by atoms with Gasteiger partial charge >= 0.3 is 6.09 Å². The highest BCUT2D eigenvalue weighted by atomic mass is 16.6. The average molecular weight is 307 g/mol. The largest absolute Gasteiger partial charge is 0.444 e. The summed E-state index contributed by atoms with van der Waals surface area (Å²) in [5, 5.41) is 5.25. The van der Waals surface area contributed by atoms with E-state index in [0.29, 0.717) is 5.69 Å². The van der Waals surface area contributed by atoms with E-state index in [2.05, 4.69) is 10.6 Å². The minimum absolute atomic E-state index is 0.302. The third-order valence-electron chi connectivity index (χ3n) is 2.78. The molecule has 0 bridgehead atoms. The Hall–Kier alpha value is -2.24. The van der Waals surface area contributed by atoms with Gasteiger partial charge in [-0.05, 0) is 52.0 Å². The average Bonchev–Trinajstić information content (AvgIpc) is 2.36. The van der Waals surface area contributed by atoms with Crippen LogP contribution in [-0.4, -0.2) is 37.7 Å². The van der Waals surface area contributed by atoms with Gasteiger partial charge in [-0.1, -0.05) is 0 Å². The van der Waals surface area contributed by atoms with Crippen LogP contribution in [0.2, 0.25) is 0 Å². The van der Waals surface area contributed by atoms with E-state index < -0.39 is 17.7 Å². The molecule has 1 aromatic rings. The highest BCUT2D eigenvalue weighted by Gasteiger charge is 2.21. The molecule has 0 fully saturated rings. The zero-order valence-corrected chi connectivity index (χ0v) is 14.1. The van der Waals surface area contributed by atoms with Crippen molar-refractivity contribution >= 4 is 23.4 Å². The number of rotatable bonds is 4. The Kier molecular flexibility index (Phi) is 5.79. The summed E-state index contributed by atoms with van der Waals surface area (Å²) < 4.78 is 5.12. The fraction of sp³-hybridized carbons (Fsp3) is 0.500. The van der Waals surface area contributed by atoms with E-state index in [1.807, 2.05) is 43.3 Å². The lowest BCUT2D eigenvalue weighted by Crippen LogP contribution is -2.43. The van der Waals surface area contributed by atoms with Gasteiger partial charge in [-0.15, -0.1) is 0 Å². The summed E-state index contributed by atoms with van der Waals surface area (Å²) in [6, 6.07) is 6.74. The van der Waals surface area contributed by atoms with Gasteiger partial charge in [0, 0.05) is 25.5 Å². The number of hydrogen-bond donors (Lipinski definition) is 2. The molecule has 2 amide bonds. The molecular formula is C16H25N3O3. The van der Waals surface area contributed by atoms with Gasteiger partial charge in [-0.3, -0.25) is 4.79 Å². The first kappa shape index (κ1) is 17.8. The van der Waals surface area contributed by atoms with Crippen LogP contribution in [0.3, 0.4) is 0 Å². The van der Waals surface area contributed by atoms with Crippen LogP contribution in [0.1, 0.15) is 27.7 Å². The second-order valence-electron chi connectivity index (χ2n) is 6.30. The lowest BCUT2D eigenvalue weighted by molar-refractivity contribution is -0.117. The standard InChI is InChI=1S/C16H25N3O3/c1-11(17-15(21)22-16(2,3)4)14(20)18-12-7-9-13(10-8-12)19(5)6/h7-11H,1-6H3,(H,17,21)(H,18,20). The second-order valence-corrected chi connectivity index (χ2v) is 6.30. The number of nitrogens with one attached hydrogen (secondary N) is 2. The summed E-state index contributed by atoms with van der Waals surface area (Å²) >= 11 is 0. The molecule has 1 unspecified atom stereocenters. The summed E-state index contributed by atoms with van der Waals surface area (Å²) in [5.41, 5.74) is 1.12. The number of benzene rings is 1. The van der Waals surface area contributed by atoms with Crippen molar-refractivity contribution in [3.8, 4) is 0 Å². The normalized spacial score (nSPS) is 12.3. The van der Waals surface area contributed by atoms with Gasteiger partial charge in [0.2, 0.25) is 5.91 Å². The second kappa shape index (κ2) is 7.15. The van der Waals surface area contributed by atoms with Crippen LogP contribution in [0.15, 0.2) is 24.3 Å². The highest BCUT2D eigenvalue weighted by molar-refractivity contribution is 5.96. The van der Waals surface area contributed by atoms with E-state index in [0.717, 1.165) is 5.69 Å². The first-order chi connectivity index (χ1) is 10.1. The lowest BCUT2D eigenvalue weighted by atomic mass is 10.2. The molecule has 0 aliphatic heterocycles. The number of alkyl carbamates (subject to hydrolysis) is 1. The summed E-state index contributed by atoms with van der Waals surface area (Å²) in [6.07, 6.45) is -0.613. The third kappa shape index (κ3) is 6.03. The van der Waals surface area contributed by atoms with Crippen LogP contribution in [0.5, 0.6) is 0 Å². The number of hydrogen-bond acceptors (Lipinski definition) is 4. The molecule has 0 spiro atoms. The Morgan fingerprint density at radius 3 is 2.14 bits per heavy atom. The van der Waals surface area contributed by atoms with Crippen molar-refractivity contribution in [1.29, 1.82) is 0 Å². The summed E-state index contributed by atoms with van der Waals surface area (Å²) in [4.78, 5) is 25.6. The minimum Gasteiger partial charge on any atom is -0.444 e. The van der Waals surface area contributed by atoms with Crippen LogP contribution in [0.4, 0.5) is 16.2 Å². The van der Waals surface area contributed by atoms with Crippen molar-refractivity contribution < 1.29 is 14.3 Å². The van der Waals surface area contributed by atoms with Crippen LogP contribution < -0.4 is 15.5 Å². The molecule has 1 rings (SSSR count). The van der Waals surface area contributed by atoms with Crippen LogP contribution >= 0.6 is 0 Å². The summed E-state index contributed by atoms with van der Waals surface area (Å²) in [6.45, 7) is 6.91. The van der Waals surface area contributed by atoms with Gasteiger partial charge in [0.1, 0.15) is 11.6 Å². The van der Waals surface area contributed by atoms with E-state index in [-0.39, 0.29) is 5.91 Å². The minimum atomic E-state index is -0.691. The van der Waals surface area contributed by atoms with Crippen molar-refractivity contribution in [1.82, 2.24) is 5.32 Å². The van der Waals surface area contributed by atoms with Crippen molar-refractivity contribution in [3.63, 3.8) is 0 Å². The molecule has 0 radical (unpaired) electrons. The smallest absolute Gasteiger partial charge is 0.408 e. The fourth-order valence-corrected chi connectivity index (χ4v) is 1.64. The molecule has 0 saturated heterocycles. The van der Waals surface area contributed by atoms with Gasteiger partial charge in [0.05, 0.1) is 0 Å². The third-order valence-corrected chi connectivity index (χ3v) is 2.78. The van der Waals surface area contributed by atoms with Crippen molar-refractivity contribution in [2.24, 2.45) is 0 Å². The maximum Gasteiger partial charge on any atom is 0.408 e. The SMILES string of the molecule is CC(NC(=O)OC(C)(C)C)C(=O)Nc1ccc(N(C)C)cc1. The Morgan fingerprint density at radius 1 is 1.14 bits per heavy atom. The quantitative estimate of drug-likeness (QED) is 0.897. The molecule has 6 nitrogen and oxygen atoms in total. The molecule has 1 atom stereocenters. The summed E-state index contributed by atoms with van der Waals surface area (Å²) in [7, 11) is 3.89. The van der Waals surface area contributed by atoms with Crippen LogP contribution in [0.25, 0.3) is 0 Å². The molecule has 0 heterocycles. The van der Waals surface area contributed by atoms with E-state index >= 15 is 0 Å². The van der Waals surface area contributed by atoms with Crippen LogP contribution in [0, 0.1) is 0 Å². The molecule has 1 aromatic carbocycles. The monoisotopic (exact) mass is 307 g/mol. The Balaban J connectivity index is 2.55. The Bertz CT molecular complexity index is 518. The molecule has 122 valence electrons. The number of amides is 2. The zero-order valence-electron chi connectivity index (χ0n) is 14.1. The Labute approximate surface area is 131 Å². The van der Waals surface area contributed by atoms with Gasteiger partial charge in [0.25, 0.3) is 0 Å². The molecule has 0 aliphatic carbocycles. The fourth-order valence-electron chi connectivity index (χ4n) is 1.64. The Morgan fingerprint density at radius 2 is 1.68 bits per heavy atom. The lowest BCUT2D eigenvalue weighted by Gasteiger charge is -2.21. The molecule has 0 saturated carbocycles. The van der Waals surface area contributed by atoms with E-state index in [9.17, 15) is 9.59 Å². The van der Waals surface area contributed by atoms with Gasteiger partial charge in [-0.2, -0.15) is 0 Å². The number of ether oxygens (including phenoxy) is 1. The zero-order chi connectivity index (χ0) is 16.9. The van der Waals surface area contributed by atoms with Crippen molar-refractivity contribution in [3.05, 3.63) is 24.3 Å². The van der Waals surface area contributed by atoms with E-state index in [1.165, 1.54) is 0 Å². The maximum atomic E-state index is 12.0. The van der Waals surface area contributed by atoms with Gasteiger partial charge in [0.15, 0.2) is 0 Å². The predicted octanol–water partition coefficient (Wildman–Crippen LogP) is 2.60. The molecular weight excluding hydrogens is 282 g/mol. The molecule has 0 aromatic heterocycles. The molecule has 0 aliphatic rings. The predicted molar refractivity (Wildman–Crippen MR) is 88.2 cm³/mol. The van der Waals surface area contributed by atoms with Gasteiger partial charge < -0.3 is 20.3 Å². The summed E-state index contributed by atoms with van der Waals surface area (Å²) in [5.74, 6) is -0.302. The first-order valence-electron chi connectivity index (χ1n) is 7.16. The molecule has 22 heavy (non-hydrogen) atoms. The number of carbonyl (C=O) groups excluding carboxylic acids is 2. The van der Waals surface area contributed by atoms with E-state index in [1.54, 1.807) is 27.7 Å². The highest BCUT2D eigenvalue weighted by Crippen LogP contribution is 2.15. The van der Waals surface area contributed by atoms with E-state index in [4.69, 9.17) is 4.74 Å². The van der Waals surface area contributed by atoms with Crippen molar-refractivity contribution in [2.75, 3.05) is 24.3 Å². The van der Waals surface area contributed by atoms with Gasteiger partial charge in [-0.25, -0.2) is 4.79 Å². The van der Waals surface area contributed by atoms with Crippen molar-refractivity contribution in [2.45, 2.75) is 39.3 Å². The first-order valence-corrected chi connectivity index (χ1v) is 7.16. The van der Waals surface area contributed by atoms with Crippen LogP contribution in [-0.2, 0) is 9.53 Å².